The Morgan fingerprint density at radius 3 is 2.64 bits per heavy atom. The Kier molecular flexibility index (Phi) is 6.61. The number of anilines is 2. The van der Waals surface area contributed by atoms with E-state index < -0.39 is 0 Å². The average Bonchev–Trinajstić information content (AvgIpc) is 2.73. The molecule has 0 radical (unpaired) electrons. The Balaban J connectivity index is 0.00000225. The van der Waals surface area contributed by atoms with Gasteiger partial charge in [-0.05, 0) is 72.7 Å². The van der Waals surface area contributed by atoms with Gasteiger partial charge in [0.1, 0.15) is 5.82 Å². The number of halogens is 1. The summed E-state index contributed by atoms with van der Waals surface area (Å²) in [5, 5.41) is 6.35. The number of carbonyl (C=O) groups excluding carboxylic acids is 1. The van der Waals surface area contributed by atoms with Crippen molar-refractivity contribution in [2.45, 2.75) is 32.2 Å². The van der Waals surface area contributed by atoms with Crippen LogP contribution in [0.2, 0.25) is 0 Å². The van der Waals surface area contributed by atoms with E-state index in [9.17, 15) is 4.79 Å². The van der Waals surface area contributed by atoms with E-state index >= 15 is 0 Å². The van der Waals surface area contributed by atoms with E-state index in [4.69, 9.17) is 0 Å². The smallest absolute Gasteiger partial charge is 0.259 e. The van der Waals surface area contributed by atoms with E-state index in [0.717, 1.165) is 24.1 Å². The van der Waals surface area contributed by atoms with Crippen LogP contribution in [0.25, 0.3) is 0 Å². The van der Waals surface area contributed by atoms with Gasteiger partial charge in [-0.3, -0.25) is 9.78 Å². The molecule has 5 nitrogen and oxygen atoms in total. The molecule has 2 aromatic heterocycles. The molecule has 0 unspecified atom stereocenters. The molecule has 2 heterocycles. The first-order valence-corrected chi connectivity index (χ1v) is 9.31. The minimum absolute atomic E-state index is 0. The molecule has 0 saturated carbocycles. The second kappa shape index (κ2) is 9.33. The summed E-state index contributed by atoms with van der Waals surface area (Å²) in [6, 6.07) is 13.6. The number of amides is 1. The molecule has 4 rings (SSSR count). The van der Waals surface area contributed by atoms with E-state index in [1.807, 2.05) is 24.3 Å². The highest BCUT2D eigenvalue weighted by Crippen LogP contribution is 2.28. The molecule has 1 aliphatic rings. The minimum atomic E-state index is -0.140. The van der Waals surface area contributed by atoms with Gasteiger partial charge in [0, 0.05) is 30.8 Å². The van der Waals surface area contributed by atoms with E-state index in [1.54, 1.807) is 30.7 Å². The summed E-state index contributed by atoms with van der Waals surface area (Å²) in [7, 11) is 0. The molecule has 1 aromatic carbocycles. The molecular formula is C22H23ClN4O. The monoisotopic (exact) mass is 394 g/mol. The van der Waals surface area contributed by atoms with E-state index in [-0.39, 0.29) is 18.3 Å². The fourth-order valence-corrected chi connectivity index (χ4v) is 3.50. The molecule has 0 fully saturated rings. The Labute approximate surface area is 171 Å². The molecule has 0 spiro atoms. The quantitative estimate of drug-likeness (QED) is 0.661. The summed E-state index contributed by atoms with van der Waals surface area (Å²) in [6.07, 6.45) is 9.69. The van der Waals surface area contributed by atoms with Crippen molar-refractivity contribution in [1.29, 1.82) is 0 Å². The van der Waals surface area contributed by atoms with Gasteiger partial charge in [-0.1, -0.05) is 12.1 Å². The highest BCUT2D eigenvalue weighted by molar-refractivity contribution is 6.07. The highest BCUT2D eigenvalue weighted by Gasteiger charge is 2.17. The molecule has 2 N–H and O–H groups in total. The first-order chi connectivity index (χ1) is 13.3. The number of nitrogens with zero attached hydrogens (tertiary/aromatic N) is 2. The summed E-state index contributed by atoms with van der Waals surface area (Å²) in [6.45, 7) is 0.584. The third kappa shape index (κ3) is 4.49. The zero-order valence-electron chi connectivity index (χ0n) is 15.5. The molecular weight excluding hydrogens is 372 g/mol. The van der Waals surface area contributed by atoms with Gasteiger partial charge in [-0.2, -0.15) is 0 Å². The van der Waals surface area contributed by atoms with Gasteiger partial charge >= 0.3 is 0 Å². The summed E-state index contributed by atoms with van der Waals surface area (Å²) < 4.78 is 0. The third-order valence-electron chi connectivity index (χ3n) is 4.91. The van der Waals surface area contributed by atoms with Crippen LogP contribution in [0.5, 0.6) is 0 Å². The predicted molar refractivity (Wildman–Crippen MR) is 114 cm³/mol. The van der Waals surface area contributed by atoms with E-state index in [1.165, 1.54) is 24.0 Å². The second-order valence-electron chi connectivity index (χ2n) is 6.71. The number of hydrogen-bond acceptors (Lipinski definition) is 4. The minimum Gasteiger partial charge on any atom is -0.365 e. The number of rotatable bonds is 5. The van der Waals surface area contributed by atoms with Gasteiger partial charge in [0.2, 0.25) is 0 Å². The summed E-state index contributed by atoms with van der Waals surface area (Å²) in [4.78, 5) is 21.3. The zero-order valence-corrected chi connectivity index (χ0v) is 16.3. The lowest BCUT2D eigenvalue weighted by Crippen LogP contribution is -2.18. The lowest BCUT2D eigenvalue weighted by atomic mass is 9.90. The SMILES string of the molecule is Cl.O=C(Nc1cccc2c1CCCC2)c1cccnc1NCc1ccncc1. The van der Waals surface area contributed by atoms with Crippen molar-refractivity contribution in [2.24, 2.45) is 0 Å². The Morgan fingerprint density at radius 1 is 0.964 bits per heavy atom. The van der Waals surface area contributed by atoms with E-state index in [2.05, 4.69) is 26.7 Å². The molecule has 0 aliphatic heterocycles. The molecule has 6 heteroatoms. The molecule has 1 amide bonds. The fourth-order valence-electron chi connectivity index (χ4n) is 3.50. The van der Waals surface area contributed by atoms with Crippen molar-refractivity contribution in [2.75, 3.05) is 10.6 Å². The van der Waals surface area contributed by atoms with Crippen molar-refractivity contribution in [1.82, 2.24) is 9.97 Å². The number of hydrogen-bond donors (Lipinski definition) is 2. The number of nitrogens with one attached hydrogen (secondary N) is 2. The first kappa shape index (κ1) is 19.8. The molecule has 0 atom stereocenters. The summed E-state index contributed by atoms with van der Waals surface area (Å²) in [5.74, 6) is 0.441. The van der Waals surface area contributed by atoms with Crippen LogP contribution in [0.4, 0.5) is 11.5 Å². The fraction of sp³-hybridized carbons (Fsp3) is 0.227. The molecule has 1 aliphatic carbocycles. The number of fused-ring (bicyclic) bond motifs is 1. The predicted octanol–water partition coefficient (Wildman–Crippen LogP) is 4.64. The maximum atomic E-state index is 12.9. The molecule has 28 heavy (non-hydrogen) atoms. The Bertz CT molecular complexity index is 946. The van der Waals surface area contributed by atoms with Gasteiger partial charge in [0.05, 0.1) is 5.56 Å². The van der Waals surface area contributed by atoms with Crippen LogP contribution >= 0.6 is 12.4 Å². The van der Waals surface area contributed by atoms with Crippen molar-refractivity contribution in [3.63, 3.8) is 0 Å². The van der Waals surface area contributed by atoms with Crippen molar-refractivity contribution >= 4 is 29.8 Å². The highest BCUT2D eigenvalue weighted by atomic mass is 35.5. The maximum absolute atomic E-state index is 12.9. The second-order valence-corrected chi connectivity index (χ2v) is 6.71. The number of aromatic nitrogens is 2. The van der Waals surface area contributed by atoms with E-state index in [0.29, 0.717) is 17.9 Å². The third-order valence-corrected chi connectivity index (χ3v) is 4.91. The van der Waals surface area contributed by atoms with Crippen molar-refractivity contribution in [3.8, 4) is 0 Å². The number of aryl methyl sites for hydroxylation is 1. The average molecular weight is 395 g/mol. The lowest BCUT2D eigenvalue weighted by Gasteiger charge is -2.20. The first-order valence-electron chi connectivity index (χ1n) is 9.31. The number of pyridine rings is 2. The van der Waals surface area contributed by atoms with Crippen LogP contribution < -0.4 is 10.6 Å². The summed E-state index contributed by atoms with van der Waals surface area (Å²) >= 11 is 0. The van der Waals surface area contributed by atoms with Crippen LogP contribution in [-0.4, -0.2) is 15.9 Å². The van der Waals surface area contributed by atoms with Crippen LogP contribution in [0.3, 0.4) is 0 Å². The Hall–Kier alpha value is -2.92. The number of benzene rings is 1. The van der Waals surface area contributed by atoms with Crippen molar-refractivity contribution < 1.29 is 4.79 Å². The van der Waals surface area contributed by atoms with Crippen LogP contribution in [0, 0.1) is 0 Å². The topological polar surface area (TPSA) is 66.9 Å². The van der Waals surface area contributed by atoms with Crippen LogP contribution in [0.1, 0.15) is 39.9 Å². The summed E-state index contributed by atoms with van der Waals surface area (Å²) in [5.41, 5.74) is 5.16. The molecule has 0 saturated heterocycles. The molecule has 0 bridgehead atoms. The van der Waals surface area contributed by atoms with Crippen LogP contribution in [0.15, 0.2) is 61.1 Å². The molecule has 144 valence electrons. The van der Waals surface area contributed by atoms with Gasteiger partial charge in [-0.25, -0.2) is 4.98 Å². The van der Waals surface area contributed by atoms with Gasteiger partial charge in [-0.15, -0.1) is 12.4 Å². The van der Waals surface area contributed by atoms with Gasteiger partial charge in [0.15, 0.2) is 0 Å². The lowest BCUT2D eigenvalue weighted by molar-refractivity contribution is 0.102. The number of carbonyl (C=O) groups is 1. The standard InChI is InChI=1S/C22H22N4O.ClH/c27-22(26-20-9-3-6-17-5-1-2-7-18(17)20)19-8-4-12-24-21(19)25-15-16-10-13-23-14-11-16;/h3-4,6,8-14H,1-2,5,7,15H2,(H,24,25)(H,26,27);1H. The molecule has 3 aromatic rings. The largest absolute Gasteiger partial charge is 0.365 e. The normalized spacial score (nSPS) is 12.4. The van der Waals surface area contributed by atoms with Crippen molar-refractivity contribution in [3.05, 3.63) is 83.3 Å². The van der Waals surface area contributed by atoms with Crippen LogP contribution in [-0.2, 0) is 19.4 Å². The zero-order chi connectivity index (χ0) is 18.5. The Morgan fingerprint density at radius 2 is 1.79 bits per heavy atom. The van der Waals surface area contributed by atoms with Gasteiger partial charge in [0.25, 0.3) is 5.91 Å². The maximum Gasteiger partial charge on any atom is 0.259 e. The van der Waals surface area contributed by atoms with Gasteiger partial charge < -0.3 is 10.6 Å².